The van der Waals surface area contributed by atoms with Gasteiger partial charge >= 0.3 is 0 Å². The molecule has 0 aliphatic heterocycles. The maximum Gasteiger partial charge on any atom is 0.163 e. The zero-order valence-electron chi connectivity index (χ0n) is 15.2. The van der Waals surface area contributed by atoms with Crippen LogP contribution in [0.1, 0.15) is 39.7 Å². The normalized spacial score (nSPS) is 14.4. The molecule has 0 aliphatic rings. The molecule has 2 N–H and O–H groups in total. The molecule has 2 aromatic heterocycles. The summed E-state index contributed by atoms with van der Waals surface area (Å²) in [5.74, 6) is 0.740. The molecule has 1 unspecified atom stereocenters. The van der Waals surface area contributed by atoms with E-state index >= 15 is 0 Å². The van der Waals surface area contributed by atoms with Crippen LogP contribution in [0.15, 0.2) is 42.9 Å². The van der Waals surface area contributed by atoms with Crippen molar-refractivity contribution in [1.82, 2.24) is 19.7 Å². The fourth-order valence-corrected chi connectivity index (χ4v) is 2.84. The lowest BCUT2D eigenvalue weighted by atomic mass is 9.93. The quantitative estimate of drug-likeness (QED) is 0.746. The molecule has 1 aromatic carbocycles. The van der Waals surface area contributed by atoms with Gasteiger partial charge in [0.25, 0.3) is 0 Å². The molecule has 0 saturated carbocycles. The minimum absolute atomic E-state index is 0.148. The Morgan fingerprint density at radius 2 is 1.80 bits per heavy atom. The number of anilines is 1. The molecule has 3 aromatic rings. The summed E-state index contributed by atoms with van der Waals surface area (Å²) in [7, 11) is 0. The number of rotatable bonds is 5. The second kappa shape index (κ2) is 6.44. The summed E-state index contributed by atoms with van der Waals surface area (Å²) in [6, 6.07) is 9.70. The number of hydrogen-bond acceptors (Lipinski definition) is 5. The Morgan fingerprint density at radius 3 is 2.48 bits per heavy atom. The van der Waals surface area contributed by atoms with Crippen LogP contribution < -0.4 is 5.32 Å². The largest absolute Gasteiger partial charge is 0.385 e. The second-order valence-electron chi connectivity index (χ2n) is 7.50. The maximum absolute atomic E-state index is 10.7. The van der Waals surface area contributed by atoms with Crippen molar-refractivity contribution >= 4 is 16.9 Å². The lowest BCUT2D eigenvalue weighted by Crippen LogP contribution is -2.25. The van der Waals surface area contributed by atoms with E-state index in [2.05, 4.69) is 41.2 Å². The highest BCUT2D eigenvalue weighted by molar-refractivity contribution is 5.86. The monoisotopic (exact) mass is 339 g/mol. The van der Waals surface area contributed by atoms with Gasteiger partial charge in [0.2, 0.25) is 0 Å². The number of fused-ring (bicyclic) bond motifs is 1. The van der Waals surface area contributed by atoms with Gasteiger partial charge in [0, 0.05) is 6.54 Å². The summed E-state index contributed by atoms with van der Waals surface area (Å²) < 4.78 is 1.90. The summed E-state index contributed by atoms with van der Waals surface area (Å²) in [6.07, 6.45) is 3.90. The topological polar surface area (TPSA) is 75.9 Å². The van der Waals surface area contributed by atoms with Gasteiger partial charge < -0.3 is 10.4 Å². The number of aliphatic hydroxyl groups is 1. The van der Waals surface area contributed by atoms with E-state index in [0.717, 1.165) is 22.4 Å². The lowest BCUT2D eigenvalue weighted by Gasteiger charge is -2.24. The first-order valence-electron chi connectivity index (χ1n) is 8.50. The molecule has 25 heavy (non-hydrogen) atoms. The summed E-state index contributed by atoms with van der Waals surface area (Å²) in [6.45, 7) is 8.69. The van der Waals surface area contributed by atoms with Crippen LogP contribution in [0.5, 0.6) is 0 Å². The van der Waals surface area contributed by atoms with Crippen molar-refractivity contribution in [2.75, 3.05) is 11.9 Å². The van der Waals surface area contributed by atoms with Crippen molar-refractivity contribution in [3.05, 3.63) is 48.4 Å². The molecule has 2 heterocycles. The molecule has 0 amide bonds. The molecule has 1 atom stereocenters. The predicted octanol–water partition coefficient (Wildman–Crippen LogP) is 3.29. The molecular formula is C19H25N5O. The van der Waals surface area contributed by atoms with Crippen molar-refractivity contribution in [3.8, 4) is 0 Å². The van der Waals surface area contributed by atoms with E-state index in [9.17, 15) is 5.11 Å². The van der Waals surface area contributed by atoms with E-state index < -0.39 is 5.60 Å². The maximum atomic E-state index is 10.7. The van der Waals surface area contributed by atoms with Gasteiger partial charge in [0.1, 0.15) is 12.1 Å². The third-order valence-corrected chi connectivity index (χ3v) is 4.30. The van der Waals surface area contributed by atoms with Gasteiger partial charge in [0.05, 0.1) is 22.7 Å². The zero-order chi connectivity index (χ0) is 18.1. The van der Waals surface area contributed by atoms with E-state index in [1.165, 1.54) is 0 Å². The Morgan fingerprint density at radius 1 is 1.08 bits per heavy atom. The van der Waals surface area contributed by atoms with Crippen molar-refractivity contribution < 1.29 is 5.11 Å². The van der Waals surface area contributed by atoms with E-state index in [1.54, 1.807) is 12.5 Å². The van der Waals surface area contributed by atoms with Crippen LogP contribution in [0.25, 0.3) is 11.0 Å². The van der Waals surface area contributed by atoms with Crippen LogP contribution >= 0.6 is 0 Å². The van der Waals surface area contributed by atoms with Crippen LogP contribution in [0.2, 0.25) is 0 Å². The summed E-state index contributed by atoms with van der Waals surface area (Å²) in [5, 5.41) is 19.4. The standard InChI is InChI=1S/C19H25N5O/c1-18(2,3)24-17-15(12-23-24)16(21-13-22-17)20-11-10-19(4,25)14-8-6-5-7-9-14/h5-9,12-13,25H,10-11H2,1-4H3,(H,20,21,22). The van der Waals surface area contributed by atoms with Crippen LogP contribution in [0.4, 0.5) is 5.82 Å². The van der Waals surface area contributed by atoms with Gasteiger partial charge in [-0.05, 0) is 39.7 Å². The van der Waals surface area contributed by atoms with Crippen molar-refractivity contribution in [1.29, 1.82) is 0 Å². The zero-order valence-corrected chi connectivity index (χ0v) is 15.2. The fourth-order valence-electron chi connectivity index (χ4n) is 2.84. The molecule has 0 fully saturated rings. The predicted molar refractivity (Wildman–Crippen MR) is 99.4 cm³/mol. The number of nitrogens with one attached hydrogen (secondary N) is 1. The van der Waals surface area contributed by atoms with Crippen molar-refractivity contribution in [2.24, 2.45) is 0 Å². The molecule has 6 nitrogen and oxygen atoms in total. The average Bonchev–Trinajstić information content (AvgIpc) is 3.01. The number of aromatic nitrogens is 4. The summed E-state index contributed by atoms with van der Waals surface area (Å²) >= 11 is 0. The Bertz CT molecular complexity index is 849. The first kappa shape index (κ1) is 17.4. The fraction of sp³-hybridized carbons (Fsp3) is 0.421. The lowest BCUT2D eigenvalue weighted by molar-refractivity contribution is 0.0515. The van der Waals surface area contributed by atoms with Gasteiger partial charge in [0.15, 0.2) is 5.65 Å². The molecule has 0 radical (unpaired) electrons. The van der Waals surface area contributed by atoms with E-state index in [0.29, 0.717) is 13.0 Å². The highest BCUT2D eigenvalue weighted by atomic mass is 16.3. The van der Waals surface area contributed by atoms with Crippen LogP contribution in [-0.2, 0) is 11.1 Å². The number of hydrogen-bond donors (Lipinski definition) is 2. The first-order valence-corrected chi connectivity index (χ1v) is 8.50. The highest BCUT2D eigenvalue weighted by Crippen LogP contribution is 2.26. The Labute approximate surface area is 147 Å². The smallest absolute Gasteiger partial charge is 0.163 e. The van der Waals surface area contributed by atoms with E-state index in [-0.39, 0.29) is 5.54 Å². The van der Waals surface area contributed by atoms with Gasteiger partial charge in [-0.25, -0.2) is 14.6 Å². The number of benzene rings is 1. The molecule has 0 aliphatic carbocycles. The van der Waals surface area contributed by atoms with Crippen molar-refractivity contribution in [3.63, 3.8) is 0 Å². The third kappa shape index (κ3) is 3.64. The molecule has 0 spiro atoms. The summed E-state index contributed by atoms with van der Waals surface area (Å²) in [5.41, 5.74) is 0.672. The molecular weight excluding hydrogens is 314 g/mol. The van der Waals surface area contributed by atoms with Gasteiger partial charge in [-0.2, -0.15) is 5.10 Å². The van der Waals surface area contributed by atoms with Crippen LogP contribution in [-0.4, -0.2) is 31.4 Å². The minimum Gasteiger partial charge on any atom is -0.385 e. The minimum atomic E-state index is -0.893. The molecule has 0 saturated heterocycles. The van der Waals surface area contributed by atoms with Crippen LogP contribution in [0.3, 0.4) is 0 Å². The molecule has 6 heteroatoms. The molecule has 132 valence electrons. The van der Waals surface area contributed by atoms with E-state index in [4.69, 9.17) is 0 Å². The van der Waals surface area contributed by atoms with Gasteiger partial charge in [-0.15, -0.1) is 0 Å². The second-order valence-corrected chi connectivity index (χ2v) is 7.50. The Balaban J connectivity index is 1.75. The molecule has 0 bridgehead atoms. The molecule has 3 rings (SSSR count). The average molecular weight is 339 g/mol. The third-order valence-electron chi connectivity index (χ3n) is 4.30. The Hall–Kier alpha value is -2.47. The van der Waals surface area contributed by atoms with Gasteiger partial charge in [-0.1, -0.05) is 30.3 Å². The number of nitrogens with zero attached hydrogens (tertiary/aromatic N) is 4. The summed E-state index contributed by atoms with van der Waals surface area (Å²) in [4.78, 5) is 8.71. The Kier molecular flexibility index (Phi) is 4.47. The highest BCUT2D eigenvalue weighted by Gasteiger charge is 2.23. The van der Waals surface area contributed by atoms with E-state index in [1.807, 2.05) is 41.9 Å². The van der Waals surface area contributed by atoms with Crippen molar-refractivity contribution in [2.45, 2.75) is 45.3 Å². The van der Waals surface area contributed by atoms with Crippen LogP contribution in [0, 0.1) is 0 Å². The van der Waals surface area contributed by atoms with Gasteiger partial charge in [-0.3, -0.25) is 0 Å². The first-order chi connectivity index (χ1) is 11.8. The SMILES string of the molecule is CC(O)(CCNc1ncnc2c1cnn2C(C)(C)C)c1ccccc1.